The third-order valence-electron chi connectivity index (χ3n) is 15.8. The number of aromatic nitrogens is 1. The Morgan fingerprint density at radius 1 is 0.314 bits per heavy atom. The van der Waals surface area contributed by atoms with Crippen LogP contribution in [-0.4, -0.2) is 4.57 Å². The molecule has 11 aromatic carbocycles. The molecule has 2 nitrogen and oxygen atoms in total. The lowest BCUT2D eigenvalue weighted by atomic mass is 9.65. The maximum Gasteiger partial charge on any atom is 0.0755 e. The minimum atomic E-state index is -0.588. The average molecular weight is 889 g/mol. The standard InChI is InChI=1S/C68H44N2/c1-4-21-45(22-5-1)46-23-18-28-49(43-46)69(50-41-42-52-51-29-10-13-33-56(51)67(61(52)44-50,47-24-6-2-7-25-47)48-26-8-3-9-27-48)64-40-20-36-59-65(64)55-31-11-14-34-57(55)68(59)58-35-15-17-39-63(58)70-62-38-16-12-30-53(62)54-32-19-37-60(68)66(54)70/h1-44H. The van der Waals surface area contributed by atoms with E-state index in [-0.39, 0.29) is 0 Å². The summed E-state index contributed by atoms with van der Waals surface area (Å²) in [5, 5.41) is 2.56. The van der Waals surface area contributed by atoms with Crippen LogP contribution in [0.3, 0.4) is 0 Å². The molecule has 15 rings (SSSR count). The van der Waals surface area contributed by atoms with Gasteiger partial charge in [0.1, 0.15) is 0 Å². The van der Waals surface area contributed by atoms with Crippen LogP contribution < -0.4 is 4.90 Å². The van der Waals surface area contributed by atoms with E-state index in [0.717, 1.165) is 17.1 Å². The normalized spacial score (nSPS) is 15.3. The van der Waals surface area contributed by atoms with Gasteiger partial charge in [-0.05, 0) is 115 Å². The summed E-state index contributed by atoms with van der Waals surface area (Å²) >= 11 is 0. The number of rotatable bonds is 6. The molecule has 0 radical (unpaired) electrons. The van der Waals surface area contributed by atoms with Gasteiger partial charge >= 0.3 is 0 Å². The second kappa shape index (κ2) is 14.8. The predicted octanol–water partition coefficient (Wildman–Crippen LogP) is 17.0. The van der Waals surface area contributed by atoms with Crippen molar-refractivity contribution in [3.8, 4) is 39.1 Å². The molecule has 0 fully saturated rings. The third kappa shape index (κ3) is 5.07. The molecule has 326 valence electrons. The van der Waals surface area contributed by atoms with Crippen molar-refractivity contribution in [2.45, 2.75) is 10.8 Å². The molecule has 0 amide bonds. The zero-order chi connectivity index (χ0) is 46.0. The summed E-state index contributed by atoms with van der Waals surface area (Å²) in [6.07, 6.45) is 0. The number of anilines is 3. The van der Waals surface area contributed by atoms with E-state index >= 15 is 0 Å². The van der Waals surface area contributed by atoms with E-state index in [0.29, 0.717) is 0 Å². The molecule has 70 heavy (non-hydrogen) atoms. The minimum Gasteiger partial charge on any atom is -0.310 e. The summed E-state index contributed by atoms with van der Waals surface area (Å²) < 4.78 is 2.53. The van der Waals surface area contributed by atoms with Crippen molar-refractivity contribution in [3.05, 3.63) is 311 Å². The van der Waals surface area contributed by atoms with Gasteiger partial charge in [-0.25, -0.2) is 0 Å². The van der Waals surface area contributed by atoms with Crippen LogP contribution in [0.1, 0.15) is 44.5 Å². The molecular formula is C68H44N2. The molecule has 1 spiro atoms. The number of hydrogen-bond acceptors (Lipinski definition) is 1. The molecule has 1 aliphatic heterocycles. The van der Waals surface area contributed by atoms with Crippen molar-refractivity contribution in [2.24, 2.45) is 0 Å². The monoisotopic (exact) mass is 888 g/mol. The van der Waals surface area contributed by atoms with Gasteiger partial charge in [0.2, 0.25) is 0 Å². The van der Waals surface area contributed by atoms with Crippen LogP contribution in [0.25, 0.3) is 60.9 Å². The molecule has 0 bridgehead atoms. The van der Waals surface area contributed by atoms with Gasteiger partial charge in [-0.3, -0.25) is 0 Å². The highest BCUT2D eigenvalue weighted by Gasteiger charge is 2.52. The number of fused-ring (bicyclic) bond motifs is 15. The number of para-hydroxylation sites is 3. The highest BCUT2D eigenvalue weighted by molar-refractivity contribution is 6.13. The Hall–Kier alpha value is -8.98. The second-order valence-corrected chi connectivity index (χ2v) is 19.1. The molecule has 1 atom stereocenters. The largest absolute Gasteiger partial charge is 0.310 e. The third-order valence-corrected chi connectivity index (χ3v) is 15.8. The number of hydrogen-bond donors (Lipinski definition) is 0. The first-order valence-corrected chi connectivity index (χ1v) is 24.4. The van der Waals surface area contributed by atoms with Gasteiger partial charge in [0.25, 0.3) is 0 Å². The fourth-order valence-electron chi connectivity index (χ4n) is 13.2. The highest BCUT2D eigenvalue weighted by Crippen LogP contribution is 2.64. The Kier molecular flexibility index (Phi) is 8.24. The Labute approximate surface area is 407 Å². The fourth-order valence-corrected chi connectivity index (χ4v) is 13.2. The number of nitrogens with zero attached hydrogens (tertiary/aromatic N) is 2. The van der Waals surface area contributed by atoms with Gasteiger partial charge in [-0.15, -0.1) is 0 Å². The van der Waals surface area contributed by atoms with Gasteiger partial charge in [-0.1, -0.05) is 224 Å². The second-order valence-electron chi connectivity index (χ2n) is 19.1. The van der Waals surface area contributed by atoms with Gasteiger partial charge in [0.05, 0.1) is 33.2 Å². The van der Waals surface area contributed by atoms with Crippen LogP contribution in [-0.2, 0) is 10.8 Å². The van der Waals surface area contributed by atoms with Crippen LogP contribution in [0.2, 0.25) is 0 Å². The van der Waals surface area contributed by atoms with Crippen molar-refractivity contribution in [3.63, 3.8) is 0 Å². The van der Waals surface area contributed by atoms with Gasteiger partial charge in [0, 0.05) is 27.7 Å². The molecule has 2 heterocycles. The zero-order valence-electron chi connectivity index (χ0n) is 38.3. The highest BCUT2D eigenvalue weighted by atomic mass is 15.1. The molecule has 1 aromatic heterocycles. The van der Waals surface area contributed by atoms with Crippen LogP contribution in [0, 0.1) is 0 Å². The average Bonchev–Trinajstić information content (AvgIpc) is 4.06. The topological polar surface area (TPSA) is 8.17 Å². The molecule has 2 heteroatoms. The Morgan fingerprint density at radius 3 is 1.64 bits per heavy atom. The fraction of sp³-hybridized carbons (Fsp3) is 0.0294. The molecule has 0 N–H and O–H groups in total. The molecule has 0 saturated carbocycles. The van der Waals surface area contributed by atoms with E-state index < -0.39 is 10.8 Å². The Morgan fingerprint density at radius 2 is 0.857 bits per heavy atom. The van der Waals surface area contributed by atoms with Crippen LogP contribution in [0.5, 0.6) is 0 Å². The molecule has 3 aliphatic rings. The van der Waals surface area contributed by atoms with E-state index in [1.54, 1.807) is 0 Å². The molecular weight excluding hydrogens is 845 g/mol. The summed E-state index contributed by atoms with van der Waals surface area (Å²) in [5.74, 6) is 0. The van der Waals surface area contributed by atoms with Crippen molar-refractivity contribution in [2.75, 3.05) is 4.90 Å². The van der Waals surface area contributed by atoms with E-state index in [1.165, 1.54) is 105 Å². The Bertz CT molecular complexity index is 4030. The lowest BCUT2D eigenvalue weighted by molar-refractivity contribution is 0.748. The maximum atomic E-state index is 2.55. The van der Waals surface area contributed by atoms with E-state index in [2.05, 4.69) is 276 Å². The molecule has 1 unspecified atom stereocenters. The van der Waals surface area contributed by atoms with Gasteiger partial charge < -0.3 is 9.47 Å². The van der Waals surface area contributed by atoms with Crippen molar-refractivity contribution < 1.29 is 0 Å². The SMILES string of the molecule is c1ccc(-c2cccc(N(c3ccc4c(c3)C(c3ccccc3)(c3ccccc3)c3ccccc3-4)c3cccc4c3-c3ccccc3C43c4ccccc4-n4c5ccccc5c5cccc3c54)c2)cc1. The quantitative estimate of drug-likeness (QED) is 0.161. The first-order chi connectivity index (χ1) is 34.8. The zero-order valence-corrected chi connectivity index (χ0v) is 38.3. The summed E-state index contributed by atoms with van der Waals surface area (Å²) in [4.78, 5) is 2.55. The van der Waals surface area contributed by atoms with E-state index in [4.69, 9.17) is 0 Å². The van der Waals surface area contributed by atoms with E-state index in [9.17, 15) is 0 Å². The van der Waals surface area contributed by atoms with Gasteiger partial charge in [-0.2, -0.15) is 0 Å². The van der Waals surface area contributed by atoms with Crippen molar-refractivity contribution in [1.82, 2.24) is 4.57 Å². The van der Waals surface area contributed by atoms with E-state index in [1.807, 2.05) is 0 Å². The van der Waals surface area contributed by atoms with Crippen LogP contribution in [0.4, 0.5) is 17.1 Å². The predicted molar refractivity (Wildman–Crippen MR) is 289 cm³/mol. The minimum absolute atomic E-state index is 0.555. The van der Waals surface area contributed by atoms with Crippen LogP contribution in [0.15, 0.2) is 267 Å². The maximum absolute atomic E-state index is 2.55. The summed E-state index contributed by atoms with van der Waals surface area (Å²) in [6.45, 7) is 0. The van der Waals surface area contributed by atoms with Crippen molar-refractivity contribution in [1.29, 1.82) is 0 Å². The molecule has 12 aromatic rings. The van der Waals surface area contributed by atoms with Crippen LogP contribution >= 0.6 is 0 Å². The molecule has 2 aliphatic carbocycles. The lowest BCUT2D eigenvalue weighted by Gasteiger charge is -2.39. The number of benzene rings is 11. The van der Waals surface area contributed by atoms with Crippen molar-refractivity contribution >= 4 is 38.9 Å². The summed E-state index contributed by atoms with van der Waals surface area (Å²) in [5.41, 5.74) is 23.6. The summed E-state index contributed by atoms with van der Waals surface area (Å²) in [6, 6.07) is 99.9. The molecule has 0 saturated heterocycles. The Balaban J connectivity index is 1.05. The first kappa shape index (κ1) is 39.1. The smallest absolute Gasteiger partial charge is 0.0755 e. The lowest BCUT2D eigenvalue weighted by Crippen LogP contribution is -2.33. The summed E-state index contributed by atoms with van der Waals surface area (Å²) in [7, 11) is 0. The van der Waals surface area contributed by atoms with Gasteiger partial charge in [0.15, 0.2) is 0 Å². The first-order valence-electron chi connectivity index (χ1n) is 24.4.